The lowest BCUT2D eigenvalue weighted by molar-refractivity contribution is -0.203. The first-order valence-electron chi connectivity index (χ1n) is 8.64. The maximum absolute atomic E-state index is 11.0. The highest BCUT2D eigenvalue weighted by Crippen LogP contribution is 2.35. The van der Waals surface area contributed by atoms with E-state index in [1.54, 1.807) is 26.0 Å². The Morgan fingerprint density at radius 2 is 1.80 bits per heavy atom. The number of benzene rings is 1. The highest BCUT2D eigenvalue weighted by Gasteiger charge is 2.47. The first-order valence-corrected chi connectivity index (χ1v) is 8.64. The monoisotopic (exact) mass is 347 g/mol. The number of rotatable bonds is 9. The summed E-state index contributed by atoms with van der Waals surface area (Å²) in [5, 5.41) is 22.0. The zero-order valence-corrected chi connectivity index (χ0v) is 15.0. The van der Waals surface area contributed by atoms with E-state index in [0.717, 1.165) is 5.56 Å². The van der Waals surface area contributed by atoms with Gasteiger partial charge in [-0.2, -0.15) is 5.06 Å². The molecule has 138 valence electrons. The van der Waals surface area contributed by atoms with Crippen molar-refractivity contribution >= 4 is 0 Å². The molecule has 1 aromatic carbocycles. The number of ether oxygens (including phenoxy) is 2. The Kier molecular flexibility index (Phi) is 6.93. The molecule has 2 N–H and O–H groups in total. The third-order valence-corrected chi connectivity index (χ3v) is 4.42. The zero-order chi connectivity index (χ0) is 18.4. The van der Waals surface area contributed by atoms with Crippen LogP contribution in [-0.2, 0) is 9.47 Å². The predicted molar refractivity (Wildman–Crippen MR) is 97.1 cm³/mol. The van der Waals surface area contributed by atoms with Crippen LogP contribution in [0, 0.1) is 0 Å². The Morgan fingerprint density at radius 3 is 2.36 bits per heavy atom. The van der Waals surface area contributed by atoms with Gasteiger partial charge < -0.3 is 19.8 Å². The van der Waals surface area contributed by atoms with E-state index >= 15 is 0 Å². The second kappa shape index (κ2) is 8.74. The lowest BCUT2D eigenvalue weighted by Gasteiger charge is -2.36. The molecule has 1 heterocycles. The molecule has 0 amide bonds. The minimum absolute atomic E-state index is 0.174. The molecule has 0 aliphatic carbocycles. The molecule has 0 spiro atoms. The van der Waals surface area contributed by atoms with Gasteiger partial charge in [0.05, 0.1) is 18.7 Å². The van der Waals surface area contributed by atoms with Gasteiger partial charge in [0.25, 0.3) is 0 Å². The molecule has 1 saturated heterocycles. The summed E-state index contributed by atoms with van der Waals surface area (Å²) >= 11 is 0. The number of nitrogens with zero attached hydrogens (tertiary/aromatic N) is 1. The number of hydrogen-bond acceptors (Lipinski definition) is 5. The van der Waals surface area contributed by atoms with Crippen LogP contribution < -0.4 is 0 Å². The van der Waals surface area contributed by atoms with Crippen LogP contribution in [-0.4, -0.2) is 46.0 Å². The maximum atomic E-state index is 11.0. The molecule has 1 aliphatic heterocycles. The molecule has 0 aromatic heterocycles. The summed E-state index contributed by atoms with van der Waals surface area (Å²) in [4.78, 5) is 0. The van der Waals surface area contributed by atoms with E-state index < -0.39 is 24.0 Å². The van der Waals surface area contributed by atoms with Crippen LogP contribution in [0.5, 0.6) is 0 Å². The van der Waals surface area contributed by atoms with Crippen molar-refractivity contribution in [2.24, 2.45) is 0 Å². The summed E-state index contributed by atoms with van der Waals surface area (Å²) < 4.78 is 11.8. The molecule has 1 aromatic rings. The highest BCUT2D eigenvalue weighted by atomic mass is 16.8. The maximum Gasteiger partial charge on any atom is 0.163 e. The Balaban J connectivity index is 2.30. The van der Waals surface area contributed by atoms with Crippen molar-refractivity contribution in [3.8, 4) is 0 Å². The fourth-order valence-corrected chi connectivity index (χ4v) is 3.35. The lowest BCUT2D eigenvalue weighted by Crippen LogP contribution is -2.48. The molecule has 5 nitrogen and oxygen atoms in total. The number of aliphatic hydroxyl groups excluding tert-OH is 1. The first kappa shape index (κ1) is 19.8. The lowest BCUT2D eigenvalue weighted by atomic mass is 9.97. The Hall–Kier alpha value is -1.50. The van der Waals surface area contributed by atoms with Crippen molar-refractivity contribution in [3.63, 3.8) is 0 Å². The predicted octanol–water partition coefficient (Wildman–Crippen LogP) is 3.45. The average Bonchev–Trinajstić information content (AvgIpc) is 2.92. The van der Waals surface area contributed by atoms with Gasteiger partial charge in [0.15, 0.2) is 5.79 Å². The Morgan fingerprint density at radius 1 is 1.16 bits per heavy atom. The van der Waals surface area contributed by atoms with Crippen LogP contribution in [0.1, 0.15) is 38.3 Å². The summed E-state index contributed by atoms with van der Waals surface area (Å²) in [6, 6.07) is 9.10. The Bertz CT molecular complexity index is 560. The van der Waals surface area contributed by atoms with E-state index in [1.165, 1.54) is 5.06 Å². The molecule has 1 fully saturated rings. The van der Waals surface area contributed by atoms with E-state index in [2.05, 4.69) is 13.2 Å². The number of hydroxylamine groups is 2. The summed E-state index contributed by atoms with van der Waals surface area (Å²) in [6.45, 7) is 11.1. The molecule has 1 aliphatic rings. The zero-order valence-electron chi connectivity index (χ0n) is 15.0. The van der Waals surface area contributed by atoms with Crippen molar-refractivity contribution in [2.75, 3.05) is 6.61 Å². The molecular formula is C20H29NO4. The van der Waals surface area contributed by atoms with Gasteiger partial charge in [-0.1, -0.05) is 42.5 Å². The first-order chi connectivity index (χ1) is 11.9. The van der Waals surface area contributed by atoms with Crippen molar-refractivity contribution in [1.29, 1.82) is 0 Å². The van der Waals surface area contributed by atoms with E-state index in [9.17, 15) is 10.3 Å². The van der Waals surface area contributed by atoms with Gasteiger partial charge in [-0.05, 0) is 32.3 Å². The van der Waals surface area contributed by atoms with Crippen molar-refractivity contribution < 1.29 is 19.8 Å². The molecular weight excluding hydrogens is 318 g/mol. The quantitative estimate of drug-likeness (QED) is 0.529. The van der Waals surface area contributed by atoms with Gasteiger partial charge >= 0.3 is 0 Å². The second-order valence-electron chi connectivity index (χ2n) is 6.74. The van der Waals surface area contributed by atoms with Gasteiger partial charge in [0.2, 0.25) is 0 Å². The molecule has 0 unspecified atom stereocenters. The molecule has 4 atom stereocenters. The van der Waals surface area contributed by atoms with Gasteiger partial charge in [-0.25, -0.2) is 0 Å². The molecule has 5 heteroatoms. The second-order valence-corrected chi connectivity index (χ2v) is 6.74. The SMILES string of the molecule is C=CC[C@H](c1ccccc1)N(O)[C@@H](CC=C)[C@@H]1OC(C)(C)O[C@@H]1CO. The van der Waals surface area contributed by atoms with Gasteiger partial charge in [-0.15, -0.1) is 13.2 Å². The van der Waals surface area contributed by atoms with Crippen molar-refractivity contribution in [1.82, 2.24) is 5.06 Å². The van der Waals surface area contributed by atoms with E-state index in [1.807, 2.05) is 30.3 Å². The van der Waals surface area contributed by atoms with E-state index in [-0.39, 0.29) is 12.6 Å². The smallest absolute Gasteiger partial charge is 0.163 e. The molecule has 2 rings (SSSR count). The molecule has 0 radical (unpaired) electrons. The summed E-state index contributed by atoms with van der Waals surface area (Å²) in [7, 11) is 0. The fourth-order valence-electron chi connectivity index (χ4n) is 3.35. The fraction of sp³-hybridized carbons (Fsp3) is 0.500. The summed E-state index contributed by atoms with van der Waals surface area (Å²) in [5.41, 5.74) is 0.984. The topological polar surface area (TPSA) is 62.2 Å². The van der Waals surface area contributed by atoms with E-state index in [0.29, 0.717) is 12.8 Å². The minimum Gasteiger partial charge on any atom is -0.394 e. The molecule has 25 heavy (non-hydrogen) atoms. The highest BCUT2D eigenvalue weighted by molar-refractivity contribution is 5.20. The van der Waals surface area contributed by atoms with Crippen LogP contribution in [0.25, 0.3) is 0 Å². The van der Waals surface area contributed by atoms with Gasteiger partial charge in [0.1, 0.15) is 12.2 Å². The van der Waals surface area contributed by atoms with Gasteiger partial charge in [0, 0.05) is 0 Å². The molecule has 0 saturated carbocycles. The summed E-state index contributed by atoms with van der Waals surface area (Å²) in [5.74, 6) is -0.807. The Labute approximate surface area is 150 Å². The average molecular weight is 347 g/mol. The largest absolute Gasteiger partial charge is 0.394 e. The minimum atomic E-state index is -0.807. The van der Waals surface area contributed by atoms with Crippen LogP contribution in [0.2, 0.25) is 0 Å². The van der Waals surface area contributed by atoms with Gasteiger partial charge in [-0.3, -0.25) is 0 Å². The van der Waals surface area contributed by atoms with Crippen LogP contribution >= 0.6 is 0 Å². The normalized spacial score (nSPS) is 24.8. The standard InChI is InChI=1S/C20H29NO4/c1-5-10-16(15-12-8-7-9-13-15)21(23)17(11-6-2)19-18(14-22)24-20(3,4)25-19/h5-9,12-13,16-19,22-23H,1-2,10-11,14H2,3-4H3/t16-,17+,18-,19+/m1/s1. The number of hydrogen-bond donors (Lipinski definition) is 2. The molecule has 0 bridgehead atoms. The third kappa shape index (κ3) is 4.77. The van der Waals surface area contributed by atoms with Crippen LogP contribution in [0.15, 0.2) is 55.6 Å². The van der Waals surface area contributed by atoms with Crippen LogP contribution in [0.3, 0.4) is 0 Å². The number of aliphatic hydroxyl groups is 1. The van der Waals surface area contributed by atoms with Crippen molar-refractivity contribution in [3.05, 3.63) is 61.2 Å². The van der Waals surface area contributed by atoms with E-state index in [4.69, 9.17) is 9.47 Å². The van der Waals surface area contributed by atoms with Crippen LogP contribution in [0.4, 0.5) is 0 Å². The summed E-state index contributed by atoms with van der Waals surface area (Å²) in [6.07, 6.45) is 3.62. The van der Waals surface area contributed by atoms with Crippen molar-refractivity contribution in [2.45, 2.75) is 56.8 Å². The third-order valence-electron chi connectivity index (χ3n) is 4.42.